The third-order valence-corrected chi connectivity index (χ3v) is 3.05. The molecule has 0 aliphatic heterocycles. The summed E-state index contributed by atoms with van der Waals surface area (Å²) < 4.78 is 0. The third-order valence-electron chi connectivity index (χ3n) is 3.05. The molecule has 6 heteroatoms. The van der Waals surface area contributed by atoms with Crippen LogP contribution in [0.25, 0.3) is 0 Å². The van der Waals surface area contributed by atoms with E-state index in [9.17, 15) is 9.59 Å². The minimum atomic E-state index is -0.532. The number of amides is 2. The van der Waals surface area contributed by atoms with Crippen molar-refractivity contribution in [3.63, 3.8) is 0 Å². The van der Waals surface area contributed by atoms with Crippen LogP contribution in [-0.4, -0.2) is 17.9 Å². The summed E-state index contributed by atoms with van der Waals surface area (Å²) in [6, 6.07) is 6.48. The first kappa shape index (κ1) is 20.4. The van der Waals surface area contributed by atoms with Crippen molar-refractivity contribution >= 4 is 35.6 Å². The molecule has 1 aromatic carbocycles. The van der Waals surface area contributed by atoms with Crippen LogP contribution >= 0.6 is 12.4 Å². The van der Waals surface area contributed by atoms with Crippen molar-refractivity contribution in [2.45, 2.75) is 40.2 Å². The first-order valence-electron chi connectivity index (χ1n) is 7.26. The summed E-state index contributed by atoms with van der Waals surface area (Å²) in [6.45, 7) is 7.79. The molecule has 0 radical (unpaired) electrons. The van der Waals surface area contributed by atoms with Crippen LogP contribution in [0.15, 0.2) is 24.3 Å². The van der Waals surface area contributed by atoms with Gasteiger partial charge in [-0.05, 0) is 36.1 Å². The Labute approximate surface area is 138 Å². The molecule has 4 N–H and O–H groups in total. The Balaban J connectivity index is 0.00000441. The average Bonchev–Trinajstić information content (AvgIpc) is 2.38. The third kappa shape index (κ3) is 6.91. The van der Waals surface area contributed by atoms with Gasteiger partial charge in [-0.1, -0.05) is 27.7 Å². The number of rotatable bonds is 6. The Morgan fingerprint density at radius 1 is 1.00 bits per heavy atom. The number of carbonyl (C=O) groups is 2. The van der Waals surface area contributed by atoms with Crippen LogP contribution < -0.4 is 16.4 Å². The highest BCUT2D eigenvalue weighted by Gasteiger charge is 2.17. The molecule has 0 spiro atoms. The first-order chi connectivity index (χ1) is 9.79. The fourth-order valence-electron chi connectivity index (χ4n) is 1.75. The van der Waals surface area contributed by atoms with Gasteiger partial charge in [0.25, 0.3) is 0 Å². The molecular weight excluding hydrogens is 302 g/mol. The maximum atomic E-state index is 11.8. The van der Waals surface area contributed by atoms with E-state index in [1.807, 2.05) is 27.7 Å². The zero-order valence-electron chi connectivity index (χ0n) is 13.6. The summed E-state index contributed by atoms with van der Waals surface area (Å²) in [5.74, 6) is 0.186. The van der Waals surface area contributed by atoms with Gasteiger partial charge in [0.15, 0.2) is 0 Å². The molecule has 0 aliphatic rings. The van der Waals surface area contributed by atoms with Crippen molar-refractivity contribution in [2.24, 2.45) is 17.6 Å². The zero-order chi connectivity index (χ0) is 16.0. The predicted octanol–water partition coefficient (Wildman–Crippen LogP) is 3.01. The van der Waals surface area contributed by atoms with Crippen LogP contribution in [-0.2, 0) is 9.59 Å². The fourth-order valence-corrected chi connectivity index (χ4v) is 1.75. The molecule has 5 nitrogen and oxygen atoms in total. The second-order valence-corrected chi connectivity index (χ2v) is 5.98. The zero-order valence-corrected chi connectivity index (χ0v) is 14.4. The van der Waals surface area contributed by atoms with Crippen LogP contribution in [0.5, 0.6) is 0 Å². The molecular formula is C16H26ClN3O2. The largest absolute Gasteiger partial charge is 0.326 e. The molecule has 124 valence electrons. The minimum absolute atomic E-state index is 0. The Hall–Kier alpha value is -1.59. The topological polar surface area (TPSA) is 84.2 Å². The monoisotopic (exact) mass is 327 g/mol. The number of nitrogens with one attached hydrogen (secondary N) is 2. The van der Waals surface area contributed by atoms with Crippen molar-refractivity contribution in [3.8, 4) is 0 Å². The molecule has 0 aliphatic carbocycles. The summed E-state index contributed by atoms with van der Waals surface area (Å²) in [6.07, 6.45) is 0.488. The van der Waals surface area contributed by atoms with Crippen LogP contribution in [0.2, 0.25) is 0 Å². The summed E-state index contributed by atoms with van der Waals surface area (Å²) in [5.41, 5.74) is 7.16. The number of hydrogen-bond acceptors (Lipinski definition) is 3. The number of carbonyl (C=O) groups excluding carboxylic acids is 2. The van der Waals surface area contributed by atoms with E-state index >= 15 is 0 Å². The number of benzene rings is 1. The number of anilines is 2. The predicted molar refractivity (Wildman–Crippen MR) is 93.2 cm³/mol. The molecule has 22 heavy (non-hydrogen) atoms. The van der Waals surface area contributed by atoms with Gasteiger partial charge in [0.2, 0.25) is 11.8 Å². The Bertz CT molecular complexity index is 487. The average molecular weight is 328 g/mol. The highest BCUT2D eigenvalue weighted by Crippen LogP contribution is 2.15. The van der Waals surface area contributed by atoms with Crippen LogP contribution in [0.4, 0.5) is 11.4 Å². The quantitative estimate of drug-likeness (QED) is 0.751. The second-order valence-electron chi connectivity index (χ2n) is 5.98. The smallest absolute Gasteiger partial charge is 0.241 e. The van der Waals surface area contributed by atoms with Gasteiger partial charge in [-0.15, -0.1) is 12.4 Å². The molecule has 1 unspecified atom stereocenters. The van der Waals surface area contributed by atoms with Crippen molar-refractivity contribution in [3.05, 3.63) is 24.3 Å². The summed E-state index contributed by atoms with van der Waals surface area (Å²) in [4.78, 5) is 23.5. The maximum Gasteiger partial charge on any atom is 0.241 e. The van der Waals surface area contributed by atoms with Crippen LogP contribution in [0.3, 0.4) is 0 Å². The molecule has 2 amide bonds. The molecule has 0 fully saturated rings. The first-order valence-corrected chi connectivity index (χ1v) is 7.26. The SMILES string of the molecule is CC(C)CC(=O)Nc1ccc(NC(=O)C(N)C(C)C)cc1.Cl. The Kier molecular flexibility index (Phi) is 8.75. The van der Waals surface area contributed by atoms with E-state index in [4.69, 9.17) is 5.73 Å². The van der Waals surface area contributed by atoms with Gasteiger partial charge >= 0.3 is 0 Å². The minimum Gasteiger partial charge on any atom is -0.326 e. The molecule has 1 aromatic rings. The van der Waals surface area contributed by atoms with E-state index in [2.05, 4.69) is 10.6 Å². The summed E-state index contributed by atoms with van der Waals surface area (Å²) in [5, 5.41) is 5.58. The second kappa shape index (κ2) is 9.43. The van der Waals surface area contributed by atoms with Gasteiger partial charge < -0.3 is 16.4 Å². The van der Waals surface area contributed by atoms with Gasteiger partial charge in [0.05, 0.1) is 6.04 Å². The van der Waals surface area contributed by atoms with Crippen molar-refractivity contribution < 1.29 is 9.59 Å². The number of halogens is 1. The van der Waals surface area contributed by atoms with Crippen molar-refractivity contribution in [1.29, 1.82) is 0 Å². The molecule has 1 atom stereocenters. The lowest BCUT2D eigenvalue weighted by Gasteiger charge is -2.15. The Morgan fingerprint density at radius 3 is 1.86 bits per heavy atom. The standard InChI is InChI=1S/C16H25N3O2.ClH/c1-10(2)9-14(20)18-12-5-7-13(8-6-12)19-16(21)15(17)11(3)4;/h5-8,10-11,15H,9,17H2,1-4H3,(H,18,20)(H,19,21);1H. The highest BCUT2D eigenvalue weighted by molar-refractivity contribution is 5.95. The van der Waals surface area contributed by atoms with Crippen molar-refractivity contribution in [1.82, 2.24) is 0 Å². The van der Waals surface area contributed by atoms with Gasteiger partial charge in [0, 0.05) is 17.8 Å². The Morgan fingerprint density at radius 2 is 1.45 bits per heavy atom. The number of hydrogen-bond donors (Lipinski definition) is 3. The molecule has 0 saturated heterocycles. The van der Waals surface area contributed by atoms with E-state index in [1.54, 1.807) is 24.3 Å². The lowest BCUT2D eigenvalue weighted by Crippen LogP contribution is -2.39. The van der Waals surface area contributed by atoms with Crippen LogP contribution in [0.1, 0.15) is 34.1 Å². The normalized spacial score (nSPS) is 11.8. The van der Waals surface area contributed by atoms with Gasteiger partial charge in [-0.25, -0.2) is 0 Å². The number of nitrogens with two attached hydrogens (primary N) is 1. The van der Waals surface area contributed by atoms with Gasteiger partial charge in [0.1, 0.15) is 0 Å². The van der Waals surface area contributed by atoms with Crippen molar-refractivity contribution in [2.75, 3.05) is 10.6 Å². The highest BCUT2D eigenvalue weighted by atomic mass is 35.5. The van der Waals surface area contributed by atoms with E-state index < -0.39 is 6.04 Å². The van der Waals surface area contributed by atoms with Gasteiger partial charge in [-0.2, -0.15) is 0 Å². The molecule has 1 rings (SSSR count). The maximum absolute atomic E-state index is 11.8. The van der Waals surface area contributed by atoms with E-state index in [1.165, 1.54) is 0 Å². The molecule has 0 heterocycles. The summed E-state index contributed by atoms with van der Waals surface area (Å²) in [7, 11) is 0. The summed E-state index contributed by atoms with van der Waals surface area (Å²) >= 11 is 0. The lowest BCUT2D eigenvalue weighted by atomic mass is 10.0. The molecule has 0 bridgehead atoms. The van der Waals surface area contributed by atoms with E-state index in [0.717, 1.165) is 0 Å². The van der Waals surface area contributed by atoms with Gasteiger partial charge in [-0.3, -0.25) is 9.59 Å². The van der Waals surface area contributed by atoms with Crippen LogP contribution in [0, 0.1) is 11.8 Å². The molecule has 0 aromatic heterocycles. The fraction of sp³-hybridized carbons (Fsp3) is 0.500. The lowest BCUT2D eigenvalue weighted by molar-refractivity contribution is -0.118. The van der Waals surface area contributed by atoms with E-state index in [-0.39, 0.29) is 30.1 Å². The van der Waals surface area contributed by atoms with E-state index in [0.29, 0.717) is 23.7 Å². The molecule has 0 saturated carbocycles.